The largest absolute Gasteiger partial charge is 0.454 e. The smallest absolute Gasteiger partial charge is 0.243 e. The van der Waals surface area contributed by atoms with Crippen LogP contribution < -0.4 is 19.7 Å². The van der Waals surface area contributed by atoms with E-state index >= 15 is 0 Å². The molecule has 1 atom stereocenters. The number of nitrogens with one attached hydrogen (secondary N) is 1. The lowest BCUT2D eigenvalue weighted by molar-refractivity contribution is -0.122. The van der Waals surface area contributed by atoms with Crippen molar-refractivity contribution in [2.24, 2.45) is 5.92 Å². The van der Waals surface area contributed by atoms with Crippen LogP contribution in [0.15, 0.2) is 47.4 Å². The lowest BCUT2D eigenvalue weighted by Crippen LogP contribution is -2.31. The highest BCUT2D eigenvalue weighted by atomic mass is 32.2. The van der Waals surface area contributed by atoms with Gasteiger partial charge in [-0.25, -0.2) is 8.42 Å². The summed E-state index contributed by atoms with van der Waals surface area (Å²) in [4.78, 5) is 27.0. The number of carbonyl (C=O) groups excluding carboxylic acids is 2. The molecule has 10 heteroatoms. The van der Waals surface area contributed by atoms with Crippen LogP contribution in [0.1, 0.15) is 20.3 Å². The molecule has 2 aliphatic heterocycles. The number of fused-ring (bicyclic) bond motifs is 1. The van der Waals surface area contributed by atoms with Crippen LogP contribution >= 0.6 is 0 Å². The maximum atomic E-state index is 12.7. The third kappa shape index (κ3) is 4.15. The van der Waals surface area contributed by atoms with Crippen molar-refractivity contribution in [3.05, 3.63) is 42.5 Å². The van der Waals surface area contributed by atoms with Crippen LogP contribution in [0.2, 0.25) is 0 Å². The normalized spacial score (nSPS) is 17.8. The molecule has 2 heterocycles. The van der Waals surface area contributed by atoms with Gasteiger partial charge in [-0.15, -0.1) is 0 Å². The second-order valence-corrected chi connectivity index (χ2v) is 9.48. The zero-order valence-electron chi connectivity index (χ0n) is 17.9. The number of carbonyl (C=O) groups is 2. The van der Waals surface area contributed by atoms with Gasteiger partial charge in [0.2, 0.25) is 28.6 Å². The molecule has 4 rings (SSSR count). The topological polar surface area (TPSA) is 105 Å². The number of benzene rings is 2. The second kappa shape index (κ2) is 8.79. The number of nitrogens with zero attached hydrogens (tertiary/aromatic N) is 2. The quantitative estimate of drug-likeness (QED) is 0.682. The number of hydrogen-bond acceptors (Lipinski definition) is 6. The van der Waals surface area contributed by atoms with Crippen LogP contribution in [0.5, 0.6) is 11.5 Å². The lowest BCUT2D eigenvalue weighted by Gasteiger charge is -2.20. The standard InChI is InChI=1S/C22H25N3O6S/c1-3-24(4-2)32(28,29)18-8-6-17(7-9-18)25-13-15(11-21(25)26)22(27)23-16-5-10-19-20(12-16)31-14-30-19/h5-10,12,15H,3-4,11,13-14H2,1-2H3,(H,23,27)/t15-/m1/s1. The predicted octanol–water partition coefficient (Wildman–Crippen LogP) is 2.44. The Morgan fingerprint density at radius 2 is 1.78 bits per heavy atom. The van der Waals surface area contributed by atoms with E-state index in [0.29, 0.717) is 36.0 Å². The summed E-state index contributed by atoms with van der Waals surface area (Å²) in [5.41, 5.74) is 1.13. The fourth-order valence-electron chi connectivity index (χ4n) is 3.86. The summed E-state index contributed by atoms with van der Waals surface area (Å²) in [6.45, 7) is 4.70. The summed E-state index contributed by atoms with van der Waals surface area (Å²) in [6.07, 6.45) is 0.0792. The van der Waals surface area contributed by atoms with Crippen LogP contribution in [0, 0.1) is 5.92 Å². The minimum atomic E-state index is -3.57. The number of ether oxygens (including phenoxy) is 2. The molecule has 9 nitrogen and oxygen atoms in total. The van der Waals surface area contributed by atoms with Gasteiger partial charge in [-0.2, -0.15) is 4.31 Å². The predicted molar refractivity (Wildman–Crippen MR) is 118 cm³/mol. The zero-order chi connectivity index (χ0) is 22.9. The number of amides is 2. The number of sulfonamides is 1. The molecule has 32 heavy (non-hydrogen) atoms. The maximum absolute atomic E-state index is 12.7. The first-order chi connectivity index (χ1) is 15.3. The van der Waals surface area contributed by atoms with Crippen LogP contribution in [-0.4, -0.2) is 51.0 Å². The minimum absolute atomic E-state index is 0.0792. The molecule has 0 radical (unpaired) electrons. The first-order valence-electron chi connectivity index (χ1n) is 10.4. The highest BCUT2D eigenvalue weighted by Crippen LogP contribution is 2.35. The monoisotopic (exact) mass is 459 g/mol. The maximum Gasteiger partial charge on any atom is 0.243 e. The van der Waals surface area contributed by atoms with Gasteiger partial charge in [0.1, 0.15) is 0 Å². The van der Waals surface area contributed by atoms with E-state index < -0.39 is 15.9 Å². The second-order valence-electron chi connectivity index (χ2n) is 7.55. The van der Waals surface area contributed by atoms with Gasteiger partial charge >= 0.3 is 0 Å². The molecular weight excluding hydrogens is 434 g/mol. The molecule has 0 bridgehead atoms. The van der Waals surface area contributed by atoms with E-state index in [1.165, 1.54) is 21.3 Å². The molecule has 1 saturated heterocycles. The Balaban J connectivity index is 1.44. The van der Waals surface area contributed by atoms with E-state index in [1.807, 2.05) is 0 Å². The molecule has 0 spiro atoms. The van der Waals surface area contributed by atoms with Crippen molar-refractivity contribution in [2.75, 3.05) is 36.6 Å². The zero-order valence-corrected chi connectivity index (χ0v) is 18.7. The van der Waals surface area contributed by atoms with Gasteiger partial charge < -0.3 is 19.7 Å². The number of anilines is 2. The molecule has 1 fully saturated rings. The number of rotatable bonds is 7. The van der Waals surface area contributed by atoms with Gasteiger partial charge in [0.25, 0.3) is 0 Å². The van der Waals surface area contributed by atoms with Crippen molar-refractivity contribution in [3.8, 4) is 11.5 Å². The Hall–Kier alpha value is -3.11. The Labute approximate surface area is 187 Å². The van der Waals surface area contributed by atoms with Crippen LogP contribution in [0.4, 0.5) is 11.4 Å². The highest BCUT2D eigenvalue weighted by molar-refractivity contribution is 7.89. The molecule has 0 aromatic heterocycles. The fraction of sp³-hybridized carbons (Fsp3) is 0.364. The van der Waals surface area contributed by atoms with Crippen LogP contribution in [0.25, 0.3) is 0 Å². The van der Waals surface area contributed by atoms with Crippen molar-refractivity contribution in [2.45, 2.75) is 25.2 Å². The summed E-state index contributed by atoms with van der Waals surface area (Å²) >= 11 is 0. The van der Waals surface area contributed by atoms with E-state index in [2.05, 4.69) is 5.32 Å². The third-order valence-electron chi connectivity index (χ3n) is 5.63. The Kier molecular flexibility index (Phi) is 6.07. The van der Waals surface area contributed by atoms with Gasteiger partial charge in [0, 0.05) is 43.5 Å². The molecule has 2 amide bonds. The van der Waals surface area contributed by atoms with Crippen LogP contribution in [-0.2, 0) is 19.6 Å². The minimum Gasteiger partial charge on any atom is -0.454 e. The molecule has 170 valence electrons. The molecule has 0 unspecified atom stereocenters. The van der Waals surface area contributed by atoms with E-state index in [4.69, 9.17) is 9.47 Å². The van der Waals surface area contributed by atoms with Gasteiger partial charge in [0.05, 0.1) is 10.8 Å². The summed E-state index contributed by atoms with van der Waals surface area (Å²) in [5.74, 6) is 0.214. The first-order valence-corrected chi connectivity index (χ1v) is 11.9. The van der Waals surface area contributed by atoms with E-state index in [9.17, 15) is 18.0 Å². The van der Waals surface area contributed by atoms with E-state index in [1.54, 1.807) is 44.2 Å². The van der Waals surface area contributed by atoms with Crippen molar-refractivity contribution < 1.29 is 27.5 Å². The highest BCUT2D eigenvalue weighted by Gasteiger charge is 2.35. The first kappa shape index (κ1) is 22.1. The Bertz CT molecular complexity index is 1130. The summed E-state index contributed by atoms with van der Waals surface area (Å²) in [7, 11) is -3.57. The fourth-order valence-corrected chi connectivity index (χ4v) is 5.32. The summed E-state index contributed by atoms with van der Waals surface area (Å²) in [6, 6.07) is 11.3. The Morgan fingerprint density at radius 1 is 1.09 bits per heavy atom. The lowest BCUT2D eigenvalue weighted by atomic mass is 10.1. The van der Waals surface area contributed by atoms with E-state index in [-0.39, 0.29) is 36.5 Å². The summed E-state index contributed by atoms with van der Waals surface area (Å²) in [5, 5.41) is 2.82. The molecular formula is C22H25N3O6S. The Morgan fingerprint density at radius 3 is 2.47 bits per heavy atom. The molecule has 2 aliphatic rings. The van der Waals surface area contributed by atoms with Gasteiger partial charge in [0.15, 0.2) is 11.5 Å². The average Bonchev–Trinajstić information content (AvgIpc) is 3.40. The van der Waals surface area contributed by atoms with Gasteiger partial charge in [-0.05, 0) is 36.4 Å². The SMILES string of the molecule is CCN(CC)S(=O)(=O)c1ccc(N2C[C@H](C(=O)Nc3ccc4c(c3)OCO4)CC2=O)cc1. The molecule has 1 N–H and O–H groups in total. The van der Waals surface area contributed by atoms with Crippen LogP contribution in [0.3, 0.4) is 0 Å². The van der Waals surface area contributed by atoms with Crippen molar-refractivity contribution in [1.29, 1.82) is 0 Å². The van der Waals surface area contributed by atoms with Crippen molar-refractivity contribution >= 4 is 33.2 Å². The van der Waals surface area contributed by atoms with Crippen molar-refractivity contribution in [1.82, 2.24) is 4.31 Å². The average molecular weight is 460 g/mol. The van der Waals surface area contributed by atoms with Crippen molar-refractivity contribution in [3.63, 3.8) is 0 Å². The summed E-state index contributed by atoms with van der Waals surface area (Å²) < 4.78 is 37.3. The third-order valence-corrected chi connectivity index (χ3v) is 7.69. The number of hydrogen-bond donors (Lipinski definition) is 1. The van der Waals surface area contributed by atoms with Gasteiger partial charge in [-0.1, -0.05) is 13.8 Å². The van der Waals surface area contributed by atoms with E-state index in [0.717, 1.165) is 0 Å². The molecule has 2 aromatic rings. The molecule has 0 saturated carbocycles. The molecule has 0 aliphatic carbocycles. The molecule has 2 aromatic carbocycles. The van der Waals surface area contributed by atoms with Gasteiger partial charge in [-0.3, -0.25) is 9.59 Å².